The lowest BCUT2D eigenvalue weighted by molar-refractivity contribution is -0.000854. The van der Waals surface area contributed by atoms with Crippen LogP contribution in [0, 0.1) is 18.8 Å². The van der Waals surface area contributed by atoms with Crippen molar-refractivity contribution in [1.82, 2.24) is 19.9 Å². The molecule has 0 bridgehead atoms. The Labute approximate surface area is 154 Å². The van der Waals surface area contributed by atoms with Gasteiger partial charge in [-0.15, -0.1) is 0 Å². The summed E-state index contributed by atoms with van der Waals surface area (Å²) in [5.41, 5.74) is 0.778. The highest BCUT2D eigenvalue weighted by Gasteiger charge is 2.44. The van der Waals surface area contributed by atoms with Crippen LogP contribution in [0.15, 0.2) is 18.3 Å². The third-order valence-electron chi connectivity index (χ3n) is 6.58. The van der Waals surface area contributed by atoms with Crippen molar-refractivity contribution in [3.63, 3.8) is 0 Å². The van der Waals surface area contributed by atoms with E-state index in [9.17, 15) is 5.11 Å². The first-order chi connectivity index (χ1) is 12.7. The van der Waals surface area contributed by atoms with Gasteiger partial charge in [0, 0.05) is 25.3 Å². The van der Waals surface area contributed by atoms with Crippen LogP contribution in [0.1, 0.15) is 31.5 Å². The van der Waals surface area contributed by atoms with Crippen LogP contribution in [-0.4, -0.2) is 63.3 Å². The molecule has 3 aliphatic rings. The Hall–Kier alpha value is -1.79. The first-order valence-electron chi connectivity index (χ1n) is 9.95. The van der Waals surface area contributed by atoms with Gasteiger partial charge in [0.1, 0.15) is 11.6 Å². The van der Waals surface area contributed by atoms with Gasteiger partial charge in [0.05, 0.1) is 11.5 Å². The second-order valence-corrected chi connectivity index (χ2v) is 8.24. The SMILES string of the molecule is Cc1nc(N2C[C@H]3C[C@@H](N4CCCC4)[C@H](O)C[C@H]3C2)c2cccnc2n1. The molecule has 6 nitrogen and oxygen atoms in total. The molecule has 4 atom stereocenters. The molecule has 2 aromatic rings. The van der Waals surface area contributed by atoms with Crippen molar-refractivity contribution in [2.75, 3.05) is 31.1 Å². The molecule has 1 aliphatic carbocycles. The Kier molecular flexibility index (Phi) is 4.05. The Morgan fingerprint density at radius 1 is 1.08 bits per heavy atom. The van der Waals surface area contributed by atoms with Crippen LogP contribution in [0.4, 0.5) is 5.82 Å². The summed E-state index contributed by atoms with van der Waals surface area (Å²) in [6.07, 6.45) is 6.20. The van der Waals surface area contributed by atoms with Gasteiger partial charge in [-0.05, 0) is 69.7 Å². The molecule has 2 aliphatic heterocycles. The van der Waals surface area contributed by atoms with Gasteiger partial charge in [-0.25, -0.2) is 15.0 Å². The molecule has 0 unspecified atom stereocenters. The maximum absolute atomic E-state index is 10.8. The number of nitrogens with zero attached hydrogens (tertiary/aromatic N) is 5. The number of fused-ring (bicyclic) bond motifs is 2. The first-order valence-corrected chi connectivity index (χ1v) is 9.95. The third kappa shape index (κ3) is 2.76. The number of likely N-dealkylation sites (tertiary alicyclic amines) is 1. The first kappa shape index (κ1) is 16.4. The van der Waals surface area contributed by atoms with Crippen LogP contribution >= 0.6 is 0 Å². The van der Waals surface area contributed by atoms with Gasteiger partial charge in [0.25, 0.3) is 0 Å². The Morgan fingerprint density at radius 3 is 2.65 bits per heavy atom. The summed E-state index contributed by atoms with van der Waals surface area (Å²) >= 11 is 0. The van der Waals surface area contributed by atoms with Crippen molar-refractivity contribution in [3.05, 3.63) is 24.2 Å². The second-order valence-electron chi connectivity index (χ2n) is 8.24. The molecular weight excluding hydrogens is 326 g/mol. The molecule has 1 saturated carbocycles. The molecule has 2 aromatic heterocycles. The van der Waals surface area contributed by atoms with Gasteiger partial charge in [-0.3, -0.25) is 4.90 Å². The van der Waals surface area contributed by atoms with Crippen molar-refractivity contribution >= 4 is 16.9 Å². The lowest BCUT2D eigenvalue weighted by atomic mass is 9.77. The van der Waals surface area contributed by atoms with Crippen molar-refractivity contribution in [2.24, 2.45) is 11.8 Å². The summed E-state index contributed by atoms with van der Waals surface area (Å²) in [6, 6.07) is 4.38. The van der Waals surface area contributed by atoms with Gasteiger partial charge in [-0.2, -0.15) is 0 Å². The number of hydrogen-bond acceptors (Lipinski definition) is 6. The third-order valence-corrected chi connectivity index (χ3v) is 6.58. The Morgan fingerprint density at radius 2 is 1.85 bits per heavy atom. The van der Waals surface area contributed by atoms with Crippen LogP contribution in [0.25, 0.3) is 11.0 Å². The summed E-state index contributed by atoms with van der Waals surface area (Å²) in [5.74, 6) is 3.00. The van der Waals surface area contributed by atoms with E-state index in [4.69, 9.17) is 4.98 Å². The predicted octanol–water partition coefficient (Wildman–Crippen LogP) is 2.00. The topological polar surface area (TPSA) is 65.4 Å². The number of rotatable bonds is 2. The molecule has 0 aromatic carbocycles. The quantitative estimate of drug-likeness (QED) is 0.891. The van der Waals surface area contributed by atoms with Crippen LogP contribution < -0.4 is 4.90 Å². The molecule has 3 fully saturated rings. The number of aromatic nitrogens is 3. The molecule has 26 heavy (non-hydrogen) atoms. The minimum absolute atomic E-state index is 0.181. The van der Waals surface area contributed by atoms with Crippen LogP contribution in [0.3, 0.4) is 0 Å². The fourth-order valence-electron chi connectivity index (χ4n) is 5.34. The van der Waals surface area contributed by atoms with Crippen molar-refractivity contribution in [3.8, 4) is 0 Å². The molecule has 6 heteroatoms. The highest BCUT2D eigenvalue weighted by molar-refractivity contribution is 5.86. The number of hydrogen-bond donors (Lipinski definition) is 1. The van der Waals surface area contributed by atoms with Gasteiger partial charge in [-0.1, -0.05) is 0 Å². The molecule has 138 valence electrons. The average Bonchev–Trinajstić information content (AvgIpc) is 3.29. The fourth-order valence-corrected chi connectivity index (χ4v) is 5.34. The summed E-state index contributed by atoms with van der Waals surface area (Å²) < 4.78 is 0. The van der Waals surface area contributed by atoms with Crippen LogP contribution in [0.5, 0.6) is 0 Å². The molecule has 5 rings (SSSR count). The zero-order chi connectivity index (χ0) is 17.7. The number of pyridine rings is 1. The lowest BCUT2D eigenvalue weighted by Gasteiger charge is -2.40. The molecule has 4 heterocycles. The lowest BCUT2D eigenvalue weighted by Crippen LogP contribution is -2.48. The van der Waals surface area contributed by atoms with Crippen LogP contribution in [0.2, 0.25) is 0 Å². The van der Waals surface area contributed by atoms with E-state index >= 15 is 0 Å². The van der Waals surface area contributed by atoms with Gasteiger partial charge < -0.3 is 10.0 Å². The molecule has 0 amide bonds. The number of aryl methyl sites for hydroxylation is 1. The minimum Gasteiger partial charge on any atom is -0.391 e. The van der Waals surface area contributed by atoms with Crippen molar-refractivity contribution in [1.29, 1.82) is 0 Å². The molecule has 2 saturated heterocycles. The highest BCUT2D eigenvalue weighted by atomic mass is 16.3. The van der Waals surface area contributed by atoms with Gasteiger partial charge >= 0.3 is 0 Å². The Bertz CT molecular complexity index is 806. The van der Waals surface area contributed by atoms with E-state index in [-0.39, 0.29) is 6.10 Å². The van der Waals surface area contributed by atoms with Crippen LogP contribution in [-0.2, 0) is 0 Å². The highest BCUT2D eigenvalue weighted by Crippen LogP contribution is 2.41. The molecule has 0 spiro atoms. The molecule has 1 N–H and O–H groups in total. The summed E-state index contributed by atoms with van der Waals surface area (Å²) in [6.45, 7) is 6.26. The summed E-state index contributed by atoms with van der Waals surface area (Å²) in [5, 5.41) is 11.8. The maximum Gasteiger partial charge on any atom is 0.164 e. The van der Waals surface area contributed by atoms with Crippen molar-refractivity contribution < 1.29 is 5.11 Å². The van der Waals surface area contributed by atoms with E-state index in [1.54, 1.807) is 6.20 Å². The van der Waals surface area contributed by atoms with E-state index in [0.29, 0.717) is 17.9 Å². The fraction of sp³-hybridized carbons (Fsp3) is 0.650. The predicted molar refractivity (Wildman–Crippen MR) is 101 cm³/mol. The average molecular weight is 353 g/mol. The van der Waals surface area contributed by atoms with Crippen molar-refractivity contribution in [2.45, 2.75) is 44.8 Å². The summed E-state index contributed by atoms with van der Waals surface area (Å²) in [4.78, 5) is 18.6. The van der Waals surface area contributed by atoms with E-state index in [2.05, 4.69) is 25.8 Å². The number of aliphatic hydroxyl groups excluding tert-OH is 1. The number of anilines is 1. The summed E-state index contributed by atoms with van der Waals surface area (Å²) in [7, 11) is 0. The second kappa shape index (κ2) is 6.43. The van der Waals surface area contributed by atoms with E-state index in [1.807, 2.05) is 13.0 Å². The van der Waals surface area contributed by atoms with E-state index in [1.165, 1.54) is 12.8 Å². The zero-order valence-corrected chi connectivity index (χ0v) is 15.4. The number of aliphatic hydroxyl groups is 1. The normalized spacial score (nSPS) is 32.3. The van der Waals surface area contributed by atoms with Gasteiger partial charge in [0.15, 0.2) is 5.65 Å². The van der Waals surface area contributed by atoms with Gasteiger partial charge in [0.2, 0.25) is 0 Å². The zero-order valence-electron chi connectivity index (χ0n) is 15.4. The monoisotopic (exact) mass is 353 g/mol. The maximum atomic E-state index is 10.8. The standard InChI is InChI=1S/C20H27N5O/c1-13-22-19-16(5-4-6-21-19)20(23-13)25-11-14-9-17(24-7-2-3-8-24)18(26)10-15(14)12-25/h4-6,14-15,17-18,26H,2-3,7-12H2,1H3/t14-,15+,17-,18-/m1/s1. The minimum atomic E-state index is -0.181. The molecular formula is C20H27N5O. The Balaban J connectivity index is 1.41. The van der Waals surface area contributed by atoms with E-state index in [0.717, 1.165) is 61.7 Å². The smallest absolute Gasteiger partial charge is 0.164 e. The molecule has 0 radical (unpaired) electrons. The van der Waals surface area contributed by atoms with E-state index < -0.39 is 0 Å². The largest absolute Gasteiger partial charge is 0.391 e.